The van der Waals surface area contributed by atoms with Crippen LogP contribution < -0.4 is 5.32 Å². The van der Waals surface area contributed by atoms with Gasteiger partial charge < -0.3 is 10.2 Å². The first kappa shape index (κ1) is 17.5. The van der Waals surface area contributed by atoms with Crippen molar-refractivity contribution in [3.8, 4) is 0 Å². The molecule has 20 heavy (non-hydrogen) atoms. The summed E-state index contributed by atoms with van der Waals surface area (Å²) >= 11 is 3.09. The van der Waals surface area contributed by atoms with E-state index in [0.29, 0.717) is 22.6 Å². The molecule has 0 spiro atoms. The first-order valence-electron chi connectivity index (χ1n) is 6.47. The molecule has 1 aromatic carbocycles. The van der Waals surface area contributed by atoms with Crippen molar-refractivity contribution in [2.45, 2.75) is 32.6 Å². The largest absolute Gasteiger partial charge is 0.416 e. The molecule has 0 heterocycles. The molecule has 0 fully saturated rings. The standard InChI is InChI=1S/C14H20BrF3N2/c1-10(2)19-6-7-20(3)9-11-4-5-12(15)8-13(11)14(16,17)18/h4-5,8,10,19H,6-7,9H2,1-3H3. The van der Waals surface area contributed by atoms with E-state index in [0.717, 1.165) is 12.6 Å². The Morgan fingerprint density at radius 1 is 1.30 bits per heavy atom. The van der Waals surface area contributed by atoms with Crippen LogP contribution in [0.15, 0.2) is 22.7 Å². The molecular weight excluding hydrogens is 333 g/mol. The summed E-state index contributed by atoms with van der Waals surface area (Å²) in [6.07, 6.45) is -4.32. The van der Waals surface area contributed by atoms with E-state index in [1.165, 1.54) is 6.07 Å². The Balaban J connectivity index is 2.72. The van der Waals surface area contributed by atoms with Crippen molar-refractivity contribution in [2.75, 3.05) is 20.1 Å². The lowest BCUT2D eigenvalue weighted by Crippen LogP contribution is -2.33. The highest BCUT2D eigenvalue weighted by molar-refractivity contribution is 9.10. The van der Waals surface area contributed by atoms with Crippen molar-refractivity contribution in [3.05, 3.63) is 33.8 Å². The number of halogens is 4. The van der Waals surface area contributed by atoms with Gasteiger partial charge in [0.15, 0.2) is 0 Å². The summed E-state index contributed by atoms with van der Waals surface area (Å²) < 4.78 is 39.4. The second kappa shape index (κ2) is 7.43. The SMILES string of the molecule is CC(C)NCCN(C)Cc1ccc(Br)cc1C(F)(F)F. The fourth-order valence-electron chi connectivity index (χ4n) is 1.86. The molecule has 0 aliphatic rings. The van der Waals surface area contributed by atoms with Gasteiger partial charge in [-0.1, -0.05) is 35.8 Å². The van der Waals surface area contributed by atoms with Gasteiger partial charge in [0, 0.05) is 30.1 Å². The highest BCUT2D eigenvalue weighted by atomic mass is 79.9. The molecule has 0 aliphatic heterocycles. The van der Waals surface area contributed by atoms with E-state index in [9.17, 15) is 13.2 Å². The van der Waals surface area contributed by atoms with Gasteiger partial charge in [-0.3, -0.25) is 0 Å². The minimum atomic E-state index is -4.32. The summed E-state index contributed by atoms with van der Waals surface area (Å²) in [5.74, 6) is 0. The van der Waals surface area contributed by atoms with E-state index in [4.69, 9.17) is 0 Å². The zero-order chi connectivity index (χ0) is 15.3. The zero-order valence-corrected chi connectivity index (χ0v) is 13.5. The summed E-state index contributed by atoms with van der Waals surface area (Å²) in [7, 11) is 1.82. The third-order valence-electron chi connectivity index (χ3n) is 2.86. The van der Waals surface area contributed by atoms with Gasteiger partial charge in [-0.2, -0.15) is 13.2 Å². The monoisotopic (exact) mass is 352 g/mol. The maximum atomic E-state index is 13.0. The molecular formula is C14H20BrF3N2. The highest BCUT2D eigenvalue weighted by Crippen LogP contribution is 2.34. The summed E-state index contributed by atoms with van der Waals surface area (Å²) in [5.41, 5.74) is -0.275. The van der Waals surface area contributed by atoms with E-state index in [2.05, 4.69) is 21.2 Å². The van der Waals surface area contributed by atoms with Gasteiger partial charge in [0.05, 0.1) is 5.56 Å². The van der Waals surface area contributed by atoms with Gasteiger partial charge >= 0.3 is 6.18 Å². The Bertz CT molecular complexity index is 433. The molecule has 1 N–H and O–H groups in total. The van der Waals surface area contributed by atoms with Gasteiger partial charge in [-0.25, -0.2) is 0 Å². The fraction of sp³-hybridized carbons (Fsp3) is 0.571. The lowest BCUT2D eigenvalue weighted by molar-refractivity contribution is -0.138. The summed E-state index contributed by atoms with van der Waals surface area (Å²) in [6, 6.07) is 4.68. The molecule has 0 aliphatic carbocycles. The van der Waals surface area contributed by atoms with E-state index < -0.39 is 11.7 Å². The molecule has 0 saturated carbocycles. The molecule has 0 radical (unpaired) electrons. The maximum Gasteiger partial charge on any atom is 0.416 e. The molecule has 114 valence electrons. The molecule has 0 amide bonds. The maximum absolute atomic E-state index is 13.0. The first-order valence-corrected chi connectivity index (χ1v) is 7.27. The number of hydrogen-bond acceptors (Lipinski definition) is 2. The van der Waals surface area contributed by atoms with Gasteiger partial charge in [-0.15, -0.1) is 0 Å². The number of nitrogens with one attached hydrogen (secondary N) is 1. The van der Waals surface area contributed by atoms with E-state index >= 15 is 0 Å². The molecule has 2 nitrogen and oxygen atoms in total. The first-order chi connectivity index (χ1) is 9.20. The Hall–Kier alpha value is -0.590. The van der Waals surface area contributed by atoms with Crippen LogP contribution in [0.3, 0.4) is 0 Å². The Kier molecular flexibility index (Phi) is 6.48. The van der Waals surface area contributed by atoms with Crippen molar-refractivity contribution >= 4 is 15.9 Å². The second-order valence-electron chi connectivity index (χ2n) is 5.15. The summed E-state index contributed by atoms with van der Waals surface area (Å²) in [4.78, 5) is 1.88. The highest BCUT2D eigenvalue weighted by Gasteiger charge is 2.33. The smallest absolute Gasteiger partial charge is 0.313 e. The van der Waals surface area contributed by atoms with Crippen molar-refractivity contribution in [1.29, 1.82) is 0 Å². The summed E-state index contributed by atoms with van der Waals surface area (Å²) in [6.45, 7) is 5.81. The van der Waals surface area contributed by atoms with Crippen LogP contribution in [0.4, 0.5) is 13.2 Å². The number of hydrogen-bond donors (Lipinski definition) is 1. The Morgan fingerprint density at radius 2 is 1.95 bits per heavy atom. The van der Waals surface area contributed by atoms with Gasteiger partial charge in [0.1, 0.15) is 0 Å². The number of likely N-dealkylation sites (N-methyl/N-ethyl adjacent to an activating group) is 1. The van der Waals surface area contributed by atoms with Crippen molar-refractivity contribution < 1.29 is 13.2 Å². The van der Waals surface area contributed by atoms with E-state index in [-0.39, 0.29) is 6.54 Å². The molecule has 0 unspecified atom stereocenters. The molecule has 0 saturated heterocycles. The normalized spacial score (nSPS) is 12.4. The van der Waals surface area contributed by atoms with Crippen LogP contribution in [0.5, 0.6) is 0 Å². The second-order valence-corrected chi connectivity index (χ2v) is 6.06. The van der Waals surface area contributed by atoms with Crippen molar-refractivity contribution in [3.63, 3.8) is 0 Å². The van der Waals surface area contributed by atoms with Crippen LogP contribution in [0, 0.1) is 0 Å². The quantitative estimate of drug-likeness (QED) is 0.835. The molecule has 0 atom stereocenters. The minimum Gasteiger partial charge on any atom is -0.313 e. The van der Waals surface area contributed by atoms with Crippen LogP contribution in [-0.4, -0.2) is 31.1 Å². The number of benzene rings is 1. The Morgan fingerprint density at radius 3 is 2.50 bits per heavy atom. The molecule has 1 aromatic rings. The molecule has 1 rings (SSSR count). The average molecular weight is 353 g/mol. The third kappa shape index (κ3) is 5.81. The van der Waals surface area contributed by atoms with Crippen molar-refractivity contribution in [2.24, 2.45) is 0 Å². The van der Waals surface area contributed by atoms with E-state index in [1.54, 1.807) is 6.07 Å². The van der Waals surface area contributed by atoms with E-state index in [1.807, 2.05) is 25.8 Å². The molecule has 0 bridgehead atoms. The lowest BCUT2D eigenvalue weighted by atomic mass is 10.1. The van der Waals surface area contributed by atoms with Gasteiger partial charge in [-0.05, 0) is 24.7 Å². The molecule has 6 heteroatoms. The van der Waals surface area contributed by atoms with Crippen LogP contribution in [-0.2, 0) is 12.7 Å². The Labute approximate surface area is 126 Å². The van der Waals surface area contributed by atoms with Crippen molar-refractivity contribution in [1.82, 2.24) is 10.2 Å². The minimum absolute atomic E-state index is 0.280. The third-order valence-corrected chi connectivity index (χ3v) is 3.36. The fourth-order valence-corrected chi connectivity index (χ4v) is 2.23. The van der Waals surface area contributed by atoms with Crippen LogP contribution in [0.25, 0.3) is 0 Å². The number of alkyl halides is 3. The molecule has 0 aromatic heterocycles. The average Bonchev–Trinajstić information content (AvgIpc) is 2.29. The van der Waals surface area contributed by atoms with Gasteiger partial charge in [0.25, 0.3) is 0 Å². The topological polar surface area (TPSA) is 15.3 Å². The predicted molar refractivity (Wildman–Crippen MR) is 78.6 cm³/mol. The number of rotatable bonds is 6. The van der Waals surface area contributed by atoms with Crippen LogP contribution >= 0.6 is 15.9 Å². The number of nitrogens with zero attached hydrogens (tertiary/aromatic N) is 1. The van der Waals surface area contributed by atoms with Crippen LogP contribution in [0.2, 0.25) is 0 Å². The summed E-state index contributed by atoms with van der Waals surface area (Å²) in [5, 5.41) is 3.24. The van der Waals surface area contributed by atoms with Crippen LogP contribution in [0.1, 0.15) is 25.0 Å². The van der Waals surface area contributed by atoms with Gasteiger partial charge in [0.2, 0.25) is 0 Å². The lowest BCUT2D eigenvalue weighted by Gasteiger charge is -2.21. The zero-order valence-electron chi connectivity index (χ0n) is 11.9. The predicted octanol–water partition coefficient (Wildman–Crippen LogP) is 3.90.